The van der Waals surface area contributed by atoms with E-state index in [-0.39, 0.29) is 89.7 Å². The van der Waals surface area contributed by atoms with Crippen molar-refractivity contribution in [1.82, 2.24) is 35.1 Å². The Labute approximate surface area is 390 Å². The van der Waals surface area contributed by atoms with Gasteiger partial charge in [0.1, 0.15) is 29.4 Å². The first-order valence-electron chi connectivity index (χ1n) is 19.8. The Hall–Kier alpha value is -4.80. The van der Waals surface area contributed by atoms with Gasteiger partial charge in [0, 0.05) is 18.7 Å². The molecule has 2 aliphatic rings. The molecule has 0 aliphatic carbocycles. The second kappa shape index (κ2) is 23.0. The number of ether oxygens (including phenoxy) is 1. The molecule has 18 heteroatoms. The standard InChI is InChI=1S/C44H50N8O6.4H2S/c1-26(2)38(46-25-58-57-6)42(53)52-20-8-10-37(52)41-48-34-18-16-32(23-35(34)49-41)31-15-14-29-21-28(11-13-30(29)22-31)12-17-33-24-45-40(47-33)36-9-7-19-51(36)43(54)39(27(3)4)50-44(55)56-5;;;;/h11,13-16,18,21-27,36-39H,7-10,19-20H2,1-6H3,(H,45,47)(H,48,49)(H,50,55);4*1H2/t36-,37-,38-,39-;;;;/m0..../s1. The van der Waals surface area contributed by atoms with Gasteiger partial charge in [-0.3, -0.25) is 9.59 Å². The Balaban J connectivity index is 0.00000256. The first kappa shape index (κ1) is 51.5. The lowest BCUT2D eigenvalue weighted by Crippen LogP contribution is -2.51. The molecule has 3 N–H and O–H groups in total. The summed E-state index contributed by atoms with van der Waals surface area (Å²) >= 11 is 0. The number of aromatic nitrogens is 4. The van der Waals surface area contributed by atoms with Crippen LogP contribution in [0.5, 0.6) is 0 Å². The van der Waals surface area contributed by atoms with Gasteiger partial charge in [0.2, 0.25) is 18.2 Å². The molecule has 4 heterocycles. The Morgan fingerprint density at radius 2 is 1.45 bits per heavy atom. The van der Waals surface area contributed by atoms with Crippen molar-refractivity contribution >= 4 is 100 Å². The average molecular weight is 923 g/mol. The summed E-state index contributed by atoms with van der Waals surface area (Å²) in [5.41, 5.74) is 5.40. The fourth-order valence-corrected chi connectivity index (χ4v) is 7.91. The van der Waals surface area contributed by atoms with E-state index in [0.29, 0.717) is 24.6 Å². The molecule has 334 valence electrons. The van der Waals surface area contributed by atoms with Gasteiger partial charge in [-0.2, -0.15) is 58.9 Å². The van der Waals surface area contributed by atoms with Crippen molar-refractivity contribution in [2.45, 2.75) is 77.5 Å². The van der Waals surface area contributed by atoms with Crippen LogP contribution in [0.3, 0.4) is 0 Å². The predicted octanol–water partition coefficient (Wildman–Crippen LogP) is 7.30. The number of nitrogens with zero attached hydrogens (tertiary/aromatic N) is 5. The third-order valence-corrected chi connectivity index (χ3v) is 11.0. The van der Waals surface area contributed by atoms with E-state index in [9.17, 15) is 14.4 Å². The van der Waals surface area contributed by atoms with Crippen LogP contribution in [0, 0.1) is 23.7 Å². The number of alkyl carbamates (subject to hydrolysis) is 1. The molecule has 3 amide bonds. The van der Waals surface area contributed by atoms with Gasteiger partial charge in [-0.15, -0.1) is 0 Å². The highest BCUT2D eigenvalue weighted by atomic mass is 32.1. The average Bonchev–Trinajstić information content (AvgIpc) is 4.06. The van der Waals surface area contributed by atoms with Gasteiger partial charge >= 0.3 is 6.09 Å². The van der Waals surface area contributed by atoms with E-state index < -0.39 is 18.2 Å². The fraction of sp³-hybridized carbons (Fsp3) is 0.409. The molecule has 14 nitrogen and oxygen atoms in total. The van der Waals surface area contributed by atoms with Gasteiger partial charge < -0.3 is 34.7 Å². The number of benzene rings is 3. The van der Waals surface area contributed by atoms with Crippen molar-refractivity contribution < 1.29 is 28.9 Å². The molecule has 4 atom stereocenters. The van der Waals surface area contributed by atoms with Gasteiger partial charge in [0.05, 0.1) is 43.5 Å². The van der Waals surface area contributed by atoms with E-state index in [0.717, 1.165) is 70.0 Å². The Morgan fingerprint density at radius 1 is 0.806 bits per heavy atom. The second-order valence-electron chi connectivity index (χ2n) is 15.5. The van der Waals surface area contributed by atoms with Gasteiger partial charge in [-0.1, -0.05) is 57.9 Å². The molecule has 62 heavy (non-hydrogen) atoms. The first-order valence-corrected chi connectivity index (χ1v) is 19.8. The highest BCUT2D eigenvalue weighted by molar-refractivity contribution is 7.59. The smallest absolute Gasteiger partial charge is 0.407 e. The molecule has 0 spiro atoms. The number of hydrogen-bond donors (Lipinski definition) is 3. The maximum absolute atomic E-state index is 13.6. The molecule has 2 aliphatic heterocycles. The van der Waals surface area contributed by atoms with E-state index in [1.54, 1.807) is 11.1 Å². The van der Waals surface area contributed by atoms with E-state index in [1.807, 2.05) is 44.7 Å². The molecule has 7 rings (SSSR count). The molecule has 2 fully saturated rings. The number of hydrogen-bond acceptors (Lipinski definition) is 9. The largest absolute Gasteiger partial charge is 0.453 e. The van der Waals surface area contributed by atoms with Gasteiger partial charge in [-0.05, 0) is 95.7 Å². The van der Waals surface area contributed by atoms with Crippen molar-refractivity contribution in [3.63, 3.8) is 0 Å². The third-order valence-electron chi connectivity index (χ3n) is 11.0. The number of rotatable bonds is 11. The molecular formula is C44H58N8O6S4. The lowest BCUT2D eigenvalue weighted by molar-refractivity contribution is -0.188. The number of fused-ring (bicyclic) bond motifs is 2. The minimum Gasteiger partial charge on any atom is -0.453 e. The van der Waals surface area contributed by atoms with Crippen molar-refractivity contribution in [2.24, 2.45) is 16.8 Å². The lowest BCUT2D eigenvalue weighted by Gasteiger charge is -2.29. The van der Waals surface area contributed by atoms with Crippen molar-refractivity contribution in [1.29, 1.82) is 0 Å². The van der Waals surface area contributed by atoms with Crippen LogP contribution in [-0.2, 0) is 24.1 Å². The fourth-order valence-electron chi connectivity index (χ4n) is 7.91. The summed E-state index contributed by atoms with van der Waals surface area (Å²) in [7, 11) is 2.68. The second-order valence-corrected chi connectivity index (χ2v) is 15.5. The molecule has 5 aromatic rings. The Bertz CT molecular complexity index is 2410. The Kier molecular flexibility index (Phi) is 19.2. The molecular weight excluding hydrogens is 865 g/mol. The Morgan fingerprint density at radius 3 is 2.13 bits per heavy atom. The highest BCUT2D eigenvalue weighted by Gasteiger charge is 2.38. The highest BCUT2D eigenvalue weighted by Crippen LogP contribution is 2.35. The monoisotopic (exact) mass is 922 g/mol. The van der Waals surface area contributed by atoms with Crippen LogP contribution >= 0.6 is 54.0 Å². The van der Waals surface area contributed by atoms with E-state index in [4.69, 9.17) is 14.6 Å². The van der Waals surface area contributed by atoms with Crippen LogP contribution in [0.4, 0.5) is 4.79 Å². The summed E-state index contributed by atoms with van der Waals surface area (Å²) in [5.74, 6) is 7.59. The van der Waals surface area contributed by atoms with Crippen LogP contribution in [0.15, 0.2) is 65.8 Å². The molecule has 3 aromatic carbocycles. The number of amides is 3. The van der Waals surface area contributed by atoms with Gasteiger partial charge in [-0.25, -0.2) is 19.8 Å². The molecule has 0 bridgehead atoms. The summed E-state index contributed by atoms with van der Waals surface area (Å²) in [6.45, 7) is 8.95. The number of carbonyl (C=O) groups is 3. The number of H-pyrrole nitrogens is 2. The van der Waals surface area contributed by atoms with E-state index in [1.165, 1.54) is 20.6 Å². The minimum atomic E-state index is -0.694. The minimum absolute atomic E-state index is 0. The van der Waals surface area contributed by atoms with Crippen LogP contribution in [0.25, 0.3) is 32.9 Å². The zero-order valence-electron chi connectivity index (χ0n) is 35.7. The lowest BCUT2D eigenvalue weighted by atomic mass is 9.99. The molecule has 2 saturated heterocycles. The summed E-state index contributed by atoms with van der Waals surface area (Å²) in [5, 5.41) is 4.84. The van der Waals surface area contributed by atoms with Crippen molar-refractivity contribution in [3.05, 3.63) is 83.7 Å². The molecule has 2 aromatic heterocycles. The van der Waals surface area contributed by atoms with E-state index >= 15 is 0 Å². The zero-order chi connectivity index (χ0) is 40.9. The summed E-state index contributed by atoms with van der Waals surface area (Å²) in [6.07, 6.45) is 5.57. The predicted molar refractivity (Wildman–Crippen MR) is 262 cm³/mol. The summed E-state index contributed by atoms with van der Waals surface area (Å²) < 4.78 is 4.75. The van der Waals surface area contributed by atoms with Crippen molar-refractivity contribution in [2.75, 3.05) is 27.3 Å². The first-order chi connectivity index (χ1) is 28.0. The molecule has 0 saturated carbocycles. The maximum atomic E-state index is 13.6. The van der Waals surface area contributed by atoms with E-state index in [2.05, 4.69) is 84.5 Å². The van der Waals surface area contributed by atoms with Gasteiger partial charge in [0.25, 0.3) is 0 Å². The quantitative estimate of drug-likeness (QED) is 0.0408. The molecule has 0 unspecified atom stereocenters. The van der Waals surface area contributed by atoms with Crippen molar-refractivity contribution in [3.8, 4) is 23.0 Å². The number of likely N-dealkylation sites (tertiary alicyclic amines) is 2. The van der Waals surface area contributed by atoms with Crippen LogP contribution in [-0.4, -0.2) is 93.4 Å². The third kappa shape index (κ3) is 11.4. The SMILES string of the molecule is COOC=N[C@H](C(=O)N1CCC[C@H]1c1nc2ccc(-c3ccc4cc(C#Cc5cnc([C@@H]6CCCN6C(=O)[C@@H](NC(=O)OC)C(C)C)[nH]5)ccc4c3)cc2[nH]1)C(C)C.S.S.S.S. The zero-order valence-corrected chi connectivity index (χ0v) is 39.7. The van der Waals surface area contributed by atoms with Gasteiger partial charge in [0.15, 0.2) is 0 Å². The number of nitrogens with one attached hydrogen (secondary N) is 3. The number of aliphatic imine (C=N–C) groups is 1. The summed E-state index contributed by atoms with van der Waals surface area (Å²) in [4.78, 5) is 72.8. The topological polar surface area (TPSA) is 167 Å². The number of imidazole rings is 2. The van der Waals surface area contributed by atoms with Crippen LogP contribution in [0.1, 0.15) is 88.4 Å². The van der Waals surface area contributed by atoms with Crippen LogP contribution in [0.2, 0.25) is 0 Å². The number of carbonyl (C=O) groups excluding carboxylic acids is 3. The summed E-state index contributed by atoms with van der Waals surface area (Å²) in [6, 6.07) is 17.1. The molecule has 0 radical (unpaired) electrons. The van der Waals surface area contributed by atoms with Crippen LogP contribution < -0.4 is 5.32 Å². The number of methoxy groups -OCH3 is 1. The number of aromatic amines is 2. The maximum Gasteiger partial charge on any atom is 0.407 e. The normalized spacial score (nSPS) is 16.8.